The summed E-state index contributed by atoms with van der Waals surface area (Å²) < 4.78 is 39.5. The van der Waals surface area contributed by atoms with Gasteiger partial charge in [0.15, 0.2) is 0 Å². The molecule has 3 heterocycles. The van der Waals surface area contributed by atoms with Crippen molar-refractivity contribution < 1.29 is 18.0 Å². The highest BCUT2D eigenvalue weighted by atomic mass is 19.4. The molecule has 2 atom stereocenters. The molecule has 3 aromatic rings. The van der Waals surface area contributed by atoms with E-state index >= 15 is 0 Å². The van der Waals surface area contributed by atoms with Crippen LogP contribution in [0.1, 0.15) is 23.5 Å². The minimum absolute atomic E-state index is 0.132. The number of anilines is 2. The summed E-state index contributed by atoms with van der Waals surface area (Å²) in [5.41, 5.74) is 2.30. The standard InChI is InChI=1S/C24H20F3N3O/c25-24(26,27)18-5-3-4-15(12-18)16-7-8-20-19(13-16)22(17-9-11-30(20)14-17)23(31)29-21-6-1-2-10-28-21/h1-8,10,12-13,17,22H,9,11,14H2,(H,28,29,31)/t17-,22?/m0/s1. The van der Waals surface area contributed by atoms with Crippen molar-refractivity contribution in [2.75, 3.05) is 23.3 Å². The molecule has 1 fully saturated rings. The van der Waals surface area contributed by atoms with Gasteiger partial charge in [0.1, 0.15) is 5.82 Å². The van der Waals surface area contributed by atoms with Crippen molar-refractivity contribution in [3.05, 3.63) is 78.0 Å². The van der Waals surface area contributed by atoms with Crippen molar-refractivity contribution in [2.45, 2.75) is 18.5 Å². The van der Waals surface area contributed by atoms with Gasteiger partial charge in [-0.25, -0.2) is 4.98 Å². The van der Waals surface area contributed by atoms with Gasteiger partial charge < -0.3 is 10.2 Å². The van der Waals surface area contributed by atoms with E-state index in [9.17, 15) is 18.0 Å². The van der Waals surface area contributed by atoms with Crippen LogP contribution in [0.25, 0.3) is 11.1 Å². The molecule has 0 spiro atoms. The van der Waals surface area contributed by atoms with Gasteiger partial charge in [0.25, 0.3) is 0 Å². The van der Waals surface area contributed by atoms with E-state index in [1.807, 2.05) is 18.2 Å². The molecule has 2 bridgehead atoms. The van der Waals surface area contributed by atoms with Crippen LogP contribution in [0.5, 0.6) is 0 Å². The molecule has 2 aromatic carbocycles. The van der Waals surface area contributed by atoms with E-state index in [1.54, 1.807) is 30.5 Å². The average molecular weight is 423 g/mol. The molecule has 1 amide bonds. The van der Waals surface area contributed by atoms with Gasteiger partial charge in [0.05, 0.1) is 11.5 Å². The van der Waals surface area contributed by atoms with Crippen molar-refractivity contribution in [3.8, 4) is 11.1 Å². The fourth-order valence-corrected chi connectivity index (χ4v) is 4.67. The zero-order chi connectivity index (χ0) is 21.6. The van der Waals surface area contributed by atoms with Gasteiger partial charge in [-0.15, -0.1) is 0 Å². The maximum Gasteiger partial charge on any atom is 0.416 e. The van der Waals surface area contributed by atoms with Crippen LogP contribution in [0.4, 0.5) is 24.7 Å². The predicted octanol–water partition coefficient (Wildman–Crippen LogP) is 5.33. The first-order chi connectivity index (χ1) is 14.9. The molecule has 0 radical (unpaired) electrons. The lowest BCUT2D eigenvalue weighted by atomic mass is 9.81. The highest BCUT2D eigenvalue weighted by Crippen LogP contribution is 2.46. The van der Waals surface area contributed by atoms with Crippen molar-refractivity contribution >= 4 is 17.4 Å². The van der Waals surface area contributed by atoms with Crippen LogP contribution >= 0.6 is 0 Å². The Hall–Kier alpha value is -3.35. The summed E-state index contributed by atoms with van der Waals surface area (Å²) in [6.07, 6.45) is -1.89. The molecule has 158 valence electrons. The van der Waals surface area contributed by atoms with E-state index in [0.717, 1.165) is 42.9 Å². The lowest BCUT2D eigenvalue weighted by Gasteiger charge is -2.33. The van der Waals surface area contributed by atoms with Crippen LogP contribution in [0.3, 0.4) is 0 Å². The monoisotopic (exact) mass is 423 g/mol. The number of benzene rings is 2. The minimum Gasteiger partial charge on any atom is -0.371 e. The second-order valence-electron chi connectivity index (χ2n) is 8.03. The number of carbonyl (C=O) groups is 1. The molecule has 0 saturated carbocycles. The number of halogens is 3. The Morgan fingerprint density at radius 3 is 2.65 bits per heavy atom. The summed E-state index contributed by atoms with van der Waals surface area (Å²) >= 11 is 0. The third-order valence-electron chi connectivity index (χ3n) is 6.12. The predicted molar refractivity (Wildman–Crippen MR) is 113 cm³/mol. The van der Waals surface area contributed by atoms with E-state index in [4.69, 9.17) is 0 Å². The number of amides is 1. The Morgan fingerprint density at radius 2 is 1.87 bits per heavy atom. The number of aromatic nitrogens is 1. The summed E-state index contributed by atoms with van der Waals surface area (Å²) in [5, 5.41) is 2.91. The number of nitrogens with one attached hydrogen (secondary N) is 1. The van der Waals surface area contributed by atoms with Crippen LogP contribution in [-0.4, -0.2) is 24.0 Å². The fourth-order valence-electron chi connectivity index (χ4n) is 4.67. The van der Waals surface area contributed by atoms with Crippen LogP contribution in [0, 0.1) is 5.92 Å². The Morgan fingerprint density at radius 1 is 1.03 bits per heavy atom. The van der Waals surface area contributed by atoms with E-state index in [0.29, 0.717) is 16.9 Å². The second-order valence-corrected chi connectivity index (χ2v) is 8.03. The Bertz CT molecular complexity index is 1130. The van der Waals surface area contributed by atoms with Crippen LogP contribution in [0.2, 0.25) is 0 Å². The molecule has 4 nitrogen and oxygen atoms in total. The molecular formula is C24H20F3N3O. The number of hydrogen-bond acceptors (Lipinski definition) is 3. The molecule has 5 rings (SSSR count). The summed E-state index contributed by atoms with van der Waals surface area (Å²) in [6, 6.07) is 16.3. The number of nitrogens with zero attached hydrogens (tertiary/aromatic N) is 2. The average Bonchev–Trinajstić information content (AvgIpc) is 3.18. The Labute approximate surface area is 177 Å². The molecule has 1 N–H and O–H groups in total. The van der Waals surface area contributed by atoms with Crippen molar-refractivity contribution in [2.24, 2.45) is 5.92 Å². The Balaban J connectivity index is 1.54. The van der Waals surface area contributed by atoms with Gasteiger partial charge in [-0.1, -0.05) is 24.3 Å². The quantitative estimate of drug-likeness (QED) is 0.619. The zero-order valence-electron chi connectivity index (χ0n) is 16.6. The third-order valence-corrected chi connectivity index (χ3v) is 6.12. The first-order valence-corrected chi connectivity index (χ1v) is 10.2. The van der Waals surface area contributed by atoms with Crippen LogP contribution in [0.15, 0.2) is 66.9 Å². The van der Waals surface area contributed by atoms with Crippen molar-refractivity contribution in [1.82, 2.24) is 4.98 Å². The van der Waals surface area contributed by atoms with Crippen molar-refractivity contribution in [3.63, 3.8) is 0 Å². The molecular weight excluding hydrogens is 403 g/mol. The number of carbonyl (C=O) groups excluding carboxylic acids is 1. The molecule has 2 aliphatic rings. The summed E-state index contributed by atoms with van der Waals surface area (Å²) in [4.78, 5) is 19.7. The SMILES string of the molecule is O=C(Nc1ccccn1)C1c2cc(-c3cccc(C(F)(F)F)c3)ccc2N2CC[C@H]1C2. The highest BCUT2D eigenvalue weighted by molar-refractivity contribution is 5.97. The van der Waals surface area contributed by atoms with Crippen molar-refractivity contribution in [1.29, 1.82) is 0 Å². The largest absolute Gasteiger partial charge is 0.416 e. The molecule has 1 aromatic heterocycles. The number of pyridine rings is 1. The topological polar surface area (TPSA) is 45.2 Å². The first-order valence-electron chi connectivity index (χ1n) is 10.2. The summed E-state index contributed by atoms with van der Waals surface area (Å²) in [7, 11) is 0. The molecule has 2 aliphatic heterocycles. The number of fused-ring (bicyclic) bond motifs is 4. The number of rotatable bonds is 3. The third kappa shape index (κ3) is 3.65. The van der Waals surface area contributed by atoms with Gasteiger partial charge in [-0.05, 0) is 65.4 Å². The summed E-state index contributed by atoms with van der Waals surface area (Å²) in [6.45, 7) is 1.67. The minimum atomic E-state index is -4.40. The van der Waals surface area contributed by atoms with Gasteiger partial charge >= 0.3 is 6.18 Å². The van der Waals surface area contributed by atoms with Crippen LogP contribution < -0.4 is 10.2 Å². The molecule has 0 aliphatic carbocycles. The first kappa shape index (κ1) is 19.6. The molecule has 1 saturated heterocycles. The van der Waals surface area contributed by atoms with E-state index < -0.39 is 11.7 Å². The number of alkyl halides is 3. The normalized spacial score (nSPS) is 19.8. The van der Waals surface area contributed by atoms with Gasteiger partial charge in [-0.3, -0.25) is 4.79 Å². The zero-order valence-corrected chi connectivity index (χ0v) is 16.6. The maximum atomic E-state index is 13.2. The highest BCUT2D eigenvalue weighted by Gasteiger charge is 2.42. The lowest BCUT2D eigenvalue weighted by Crippen LogP contribution is -2.35. The van der Waals surface area contributed by atoms with E-state index in [2.05, 4.69) is 15.2 Å². The summed E-state index contributed by atoms with van der Waals surface area (Å²) in [5.74, 6) is 0.144. The second kappa shape index (κ2) is 7.41. The van der Waals surface area contributed by atoms with Gasteiger partial charge in [0.2, 0.25) is 5.91 Å². The molecule has 1 unspecified atom stereocenters. The van der Waals surface area contributed by atoms with Gasteiger partial charge in [-0.2, -0.15) is 13.2 Å². The fraction of sp³-hybridized carbons (Fsp3) is 0.250. The van der Waals surface area contributed by atoms with E-state index in [1.165, 1.54) is 6.07 Å². The molecule has 7 heteroatoms. The lowest BCUT2D eigenvalue weighted by molar-refractivity contribution is -0.137. The van der Waals surface area contributed by atoms with Crippen LogP contribution in [-0.2, 0) is 11.0 Å². The van der Waals surface area contributed by atoms with E-state index in [-0.39, 0.29) is 17.7 Å². The Kier molecular flexibility index (Phi) is 4.68. The molecule has 31 heavy (non-hydrogen) atoms. The smallest absolute Gasteiger partial charge is 0.371 e. The number of hydrogen-bond donors (Lipinski definition) is 1. The maximum absolute atomic E-state index is 13.2. The van der Waals surface area contributed by atoms with Gasteiger partial charge in [0, 0.05) is 25.0 Å².